The summed E-state index contributed by atoms with van der Waals surface area (Å²) in [7, 11) is 0. The molecule has 1 saturated heterocycles. The van der Waals surface area contributed by atoms with E-state index in [4.69, 9.17) is 11.6 Å². The molecular formula is C6H12ClN. The van der Waals surface area contributed by atoms with Crippen LogP contribution in [0.4, 0.5) is 0 Å². The van der Waals surface area contributed by atoms with E-state index in [9.17, 15) is 0 Å². The molecule has 1 heterocycles. The predicted octanol–water partition coefficient (Wildman–Crippen LogP) is 1.22. The Hall–Kier alpha value is 0.250. The van der Waals surface area contributed by atoms with Crippen molar-refractivity contribution in [1.29, 1.82) is 0 Å². The van der Waals surface area contributed by atoms with E-state index in [0.717, 1.165) is 24.9 Å². The molecule has 0 aromatic heterocycles. The van der Waals surface area contributed by atoms with E-state index in [2.05, 4.69) is 5.32 Å². The number of rotatable bonds is 1. The summed E-state index contributed by atoms with van der Waals surface area (Å²) >= 11 is 5.65. The molecule has 0 atom stereocenters. The van der Waals surface area contributed by atoms with Crippen LogP contribution < -0.4 is 5.32 Å². The maximum atomic E-state index is 5.65. The molecule has 0 radical (unpaired) electrons. The van der Waals surface area contributed by atoms with E-state index in [0.29, 0.717) is 0 Å². The summed E-state index contributed by atoms with van der Waals surface area (Å²) < 4.78 is 0. The van der Waals surface area contributed by atoms with Gasteiger partial charge in [0.2, 0.25) is 0 Å². The van der Waals surface area contributed by atoms with Gasteiger partial charge in [-0.1, -0.05) is 0 Å². The van der Waals surface area contributed by atoms with Gasteiger partial charge in [0.05, 0.1) is 0 Å². The van der Waals surface area contributed by atoms with Gasteiger partial charge in [0.25, 0.3) is 0 Å². The maximum Gasteiger partial charge on any atom is 0.0252 e. The van der Waals surface area contributed by atoms with Crippen LogP contribution in [0, 0.1) is 5.92 Å². The Balaban J connectivity index is 2.13. The molecule has 0 spiro atoms. The summed E-state index contributed by atoms with van der Waals surface area (Å²) in [5, 5.41) is 3.29. The average molecular weight is 134 g/mol. The molecule has 0 bridgehead atoms. The van der Waals surface area contributed by atoms with Gasteiger partial charge in [-0.05, 0) is 31.8 Å². The van der Waals surface area contributed by atoms with Gasteiger partial charge >= 0.3 is 0 Å². The summed E-state index contributed by atoms with van der Waals surface area (Å²) in [6.45, 7) is 2.33. The minimum atomic E-state index is 0.790. The first-order valence-corrected chi connectivity index (χ1v) is 3.73. The van der Waals surface area contributed by atoms with Gasteiger partial charge in [-0.3, -0.25) is 0 Å². The van der Waals surface area contributed by atoms with E-state index in [1.165, 1.54) is 12.8 Å². The first-order valence-electron chi connectivity index (χ1n) is 3.20. The van der Waals surface area contributed by atoms with Crippen molar-refractivity contribution in [2.45, 2.75) is 12.8 Å². The topological polar surface area (TPSA) is 12.0 Å². The molecule has 0 aliphatic carbocycles. The fourth-order valence-corrected chi connectivity index (χ4v) is 1.34. The Morgan fingerprint density at radius 1 is 1.38 bits per heavy atom. The van der Waals surface area contributed by atoms with Crippen molar-refractivity contribution < 1.29 is 0 Å². The normalized spacial score (nSPS) is 23.6. The van der Waals surface area contributed by atoms with Crippen LogP contribution in [0.25, 0.3) is 0 Å². The van der Waals surface area contributed by atoms with Gasteiger partial charge in [0, 0.05) is 5.88 Å². The summed E-state index contributed by atoms with van der Waals surface area (Å²) in [5.74, 6) is 1.64. The van der Waals surface area contributed by atoms with Gasteiger partial charge in [-0.2, -0.15) is 0 Å². The third kappa shape index (κ3) is 1.64. The zero-order valence-electron chi connectivity index (χ0n) is 4.99. The molecule has 1 rings (SSSR count). The number of hydrogen-bond acceptors (Lipinski definition) is 1. The lowest BCUT2D eigenvalue weighted by Gasteiger charge is -2.19. The molecule has 48 valence electrons. The molecule has 1 aliphatic rings. The van der Waals surface area contributed by atoms with Crippen LogP contribution in [0.3, 0.4) is 0 Å². The van der Waals surface area contributed by atoms with Crippen LogP contribution in [0.2, 0.25) is 0 Å². The zero-order chi connectivity index (χ0) is 5.82. The molecule has 0 amide bonds. The van der Waals surface area contributed by atoms with Crippen molar-refractivity contribution in [2.75, 3.05) is 19.0 Å². The molecule has 1 fully saturated rings. The number of alkyl halides is 1. The molecule has 0 unspecified atom stereocenters. The van der Waals surface area contributed by atoms with Crippen LogP contribution in [0.15, 0.2) is 0 Å². The lowest BCUT2D eigenvalue weighted by Crippen LogP contribution is -2.28. The highest BCUT2D eigenvalue weighted by molar-refractivity contribution is 6.18. The van der Waals surface area contributed by atoms with Crippen molar-refractivity contribution in [3.8, 4) is 0 Å². The predicted molar refractivity (Wildman–Crippen MR) is 36.3 cm³/mol. The van der Waals surface area contributed by atoms with E-state index >= 15 is 0 Å². The van der Waals surface area contributed by atoms with E-state index in [1.54, 1.807) is 0 Å². The second kappa shape index (κ2) is 3.31. The zero-order valence-corrected chi connectivity index (χ0v) is 5.75. The Labute approximate surface area is 55.4 Å². The number of piperidine rings is 1. The highest BCUT2D eigenvalue weighted by Gasteiger charge is 2.09. The lowest BCUT2D eigenvalue weighted by atomic mass is 10.0. The van der Waals surface area contributed by atoms with E-state index in [-0.39, 0.29) is 0 Å². The van der Waals surface area contributed by atoms with E-state index in [1.807, 2.05) is 0 Å². The SMILES string of the molecule is ClCC1CCNCC1. The molecule has 1 nitrogen and oxygen atoms in total. The Morgan fingerprint density at radius 3 is 2.38 bits per heavy atom. The second-order valence-electron chi connectivity index (χ2n) is 2.35. The average Bonchev–Trinajstić information content (AvgIpc) is 1.90. The van der Waals surface area contributed by atoms with Gasteiger partial charge in [0.1, 0.15) is 0 Å². The smallest absolute Gasteiger partial charge is 0.0252 e. The fraction of sp³-hybridized carbons (Fsp3) is 1.00. The molecule has 2 heteroatoms. The molecule has 0 aromatic carbocycles. The van der Waals surface area contributed by atoms with Crippen molar-refractivity contribution in [2.24, 2.45) is 5.92 Å². The summed E-state index contributed by atoms with van der Waals surface area (Å²) in [6, 6.07) is 0. The number of nitrogens with one attached hydrogen (secondary N) is 1. The third-order valence-electron chi connectivity index (χ3n) is 1.68. The Bertz CT molecular complexity index is 59.5. The van der Waals surface area contributed by atoms with Crippen molar-refractivity contribution in [3.63, 3.8) is 0 Å². The molecule has 0 aromatic rings. The summed E-state index contributed by atoms with van der Waals surface area (Å²) in [4.78, 5) is 0. The molecular weight excluding hydrogens is 122 g/mol. The first kappa shape index (κ1) is 6.37. The minimum absolute atomic E-state index is 0.790. The first-order chi connectivity index (χ1) is 3.93. The number of hydrogen-bond donors (Lipinski definition) is 1. The second-order valence-corrected chi connectivity index (χ2v) is 2.66. The van der Waals surface area contributed by atoms with E-state index < -0.39 is 0 Å². The van der Waals surface area contributed by atoms with Crippen molar-refractivity contribution in [1.82, 2.24) is 5.32 Å². The van der Waals surface area contributed by atoms with Crippen LogP contribution in [0.5, 0.6) is 0 Å². The largest absolute Gasteiger partial charge is 0.317 e. The number of halogens is 1. The standard InChI is InChI=1S/C6H12ClN/c7-5-6-1-3-8-4-2-6/h6,8H,1-5H2. The highest BCUT2D eigenvalue weighted by Crippen LogP contribution is 2.11. The van der Waals surface area contributed by atoms with Gasteiger partial charge in [-0.15, -0.1) is 11.6 Å². The van der Waals surface area contributed by atoms with Crippen molar-refractivity contribution in [3.05, 3.63) is 0 Å². The Morgan fingerprint density at radius 2 is 2.00 bits per heavy atom. The van der Waals surface area contributed by atoms with Gasteiger partial charge in [0.15, 0.2) is 0 Å². The van der Waals surface area contributed by atoms with Gasteiger partial charge in [-0.25, -0.2) is 0 Å². The fourth-order valence-electron chi connectivity index (χ4n) is 1.04. The molecule has 1 aliphatic heterocycles. The lowest BCUT2D eigenvalue weighted by molar-refractivity contribution is 0.406. The molecule has 1 N–H and O–H groups in total. The Kier molecular flexibility index (Phi) is 2.64. The van der Waals surface area contributed by atoms with Crippen LogP contribution >= 0.6 is 11.6 Å². The minimum Gasteiger partial charge on any atom is -0.317 e. The quantitative estimate of drug-likeness (QED) is 0.531. The summed E-state index contributed by atoms with van der Waals surface area (Å²) in [6.07, 6.45) is 2.53. The van der Waals surface area contributed by atoms with Crippen LogP contribution in [0.1, 0.15) is 12.8 Å². The maximum absolute atomic E-state index is 5.65. The molecule has 8 heavy (non-hydrogen) atoms. The monoisotopic (exact) mass is 133 g/mol. The summed E-state index contributed by atoms with van der Waals surface area (Å²) in [5.41, 5.74) is 0. The third-order valence-corrected chi connectivity index (χ3v) is 2.11. The van der Waals surface area contributed by atoms with Crippen LogP contribution in [-0.4, -0.2) is 19.0 Å². The van der Waals surface area contributed by atoms with Crippen LogP contribution in [-0.2, 0) is 0 Å². The van der Waals surface area contributed by atoms with Crippen molar-refractivity contribution >= 4 is 11.6 Å². The van der Waals surface area contributed by atoms with Gasteiger partial charge < -0.3 is 5.32 Å². The highest BCUT2D eigenvalue weighted by atomic mass is 35.5. The molecule has 0 saturated carbocycles.